The normalized spacial score (nSPS) is 22.0. The van der Waals surface area contributed by atoms with Gasteiger partial charge in [-0.2, -0.15) is 0 Å². The second-order valence-corrected chi connectivity index (χ2v) is 14.8. The number of nitrogens with one attached hydrogen (secondary N) is 1. The van der Waals surface area contributed by atoms with Gasteiger partial charge in [0, 0.05) is 6.42 Å². The monoisotopic (exact) mass is 716 g/mol. The number of aliphatic hydroxyl groups is 4. The lowest BCUT2D eigenvalue weighted by molar-refractivity contribution is -0.295. The Bertz CT molecular complexity index is 816. The zero-order chi connectivity index (χ0) is 36.8. The molecular formula is C40H77NO9. The third-order valence-corrected chi connectivity index (χ3v) is 10.2. The van der Waals surface area contributed by atoms with Crippen LogP contribution in [0, 0.1) is 0 Å². The van der Waals surface area contributed by atoms with Crippen molar-refractivity contribution in [3.8, 4) is 0 Å². The molecule has 1 aliphatic heterocycles. The van der Waals surface area contributed by atoms with E-state index >= 15 is 0 Å². The van der Waals surface area contributed by atoms with Crippen molar-refractivity contribution >= 4 is 11.9 Å². The summed E-state index contributed by atoms with van der Waals surface area (Å²) in [4.78, 5) is 24.4. The number of aliphatic hydroxyl groups excluding tert-OH is 4. The first-order valence-corrected chi connectivity index (χ1v) is 20.7. The van der Waals surface area contributed by atoms with E-state index in [1.807, 2.05) is 0 Å². The highest BCUT2D eigenvalue weighted by Crippen LogP contribution is 2.23. The fourth-order valence-corrected chi connectivity index (χ4v) is 6.79. The maximum Gasteiger partial charge on any atom is 0.335 e. The average molecular weight is 716 g/mol. The minimum Gasteiger partial charge on any atom is -0.479 e. The summed E-state index contributed by atoms with van der Waals surface area (Å²) in [5, 5.41) is 53.8. The van der Waals surface area contributed by atoms with E-state index in [9.17, 15) is 35.1 Å². The Morgan fingerprint density at radius 1 is 0.600 bits per heavy atom. The fourth-order valence-electron chi connectivity index (χ4n) is 6.79. The first-order valence-electron chi connectivity index (χ1n) is 20.7. The zero-order valence-electron chi connectivity index (χ0n) is 31.9. The number of aliphatic carboxylic acids is 1. The Morgan fingerprint density at radius 3 is 1.42 bits per heavy atom. The molecule has 1 aliphatic rings. The summed E-state index contributed by atoms with van der Waals surface area (Å²) in [6.45, 7) is 4.24. The van der Waals surface area contributed by atoms with E-state index in [1.165, 1.54) is 128 Å². The number of hydrogen-bond donors (Lipinski definition) is 6. The Labute approximate surface area is 304 Å². The van der Waals surface area contributed by atoms with Crippen molar-refractivity contribution in [1.29, 1.82) is 0 Å². The van der Waals surface area contributed by atoms with Gasteiger partial charge in [-0.05, 0) is 12.8 Å². The first-order chi connectivity index (χ1) is 24.2. The summed E-state index contributed by atoms with van der Waals surface area (Å²) >= 11 is 0. The highest BCUT2D eigenvalue weighted by Gasteiger charge is 2.47. The summed E-state index contributed by atoms with van der Waals surface area (Å²) in [5.74, 6) is -1.70. The van der Waals surface area contributed by atoms with Gasteiger partial charge in [-0.25, -0.2) is 4.79 Å². The van der Waals surface area contributed by atoms with Crippen molar-refractivity contribution in [2.75, 3.05) is 6.61 Å². The van der Waals surface area contributed by atoms with Crippen LogP contribution in [-0.2, 0) is 19.1 Å². The van der Waals surface area contributed by atoms with Crippen LogP contribution in [-0.4, -0.2) is 86.9 Å². The van der Waals surface area contributed by atoms with Gasteiger partial charge < -0.3 is 40.3 Å². The molecule has 6 N–H and O–H groups in total. The molecule has 0 aromatic carbocycles. The molecular weight excluding hydrogens is 638 g/mol. The molecule has 1 saturated heterocycles. The van der Waals surface area contributed by atoms with Crippen LogP contribution in [0.5, 0.6) is 0 Å². The predicted octanol–water partition coefficient (Wildman–Crippen LogP) is 7.70. The summed E-state index contributed by atoms with van der Waals surface area (Å²) in [6.07, 6.45) is 22.9. The SMILES string of the molecule is CCCCCCCCCCCCCCCC(=O)N[C@@H](COC1OC(C(=O)O)C(O)C(O)C1O)[C@H](O)CCCCCCCCCCCCCCC. The van der Waals surface area contributed by atoms with Gasteiger partial charge in [-0.15, -0.1) is 0 Å². The molecule has 1 heterocycles. The van der Waals surface area contributed by atoms with Crippen LogP contribution >= 0.6 is 0 Å². The second kappa shape index (κ2) is 31.2. The summed E-state index contributed by atoms with van der Waals surface area (Å²) < 4.78 is 10.9. The Balaban J connectivity index is 2.43. The lowest BCUT2D eigenvalue weighted by Gasteiger charge is -2.39. The molecule has 10 heteroatoms. The topological polar surface area (TPSA) is 166 Å². The van der Waals surface area contributed by atoms with Gasteiger partial charge >= 0.3 is 5.97 Å². The third-order valence-electron chi connectivity index (χ3n) is 10.2. The number of rotatable bonds is 34. The highest BCUT2D eigenvalue weighted by molar-refractivity contribution is 5.76. The second-order valence-electron chi connectivity index (χ2n) is 14.8. The summed E-state index contributed by atoms with van der Waals surface area (Å²) in [7, 11) is 0. The van der Waals surface area contributed by atoms with E-state index in [-0.39, 0.29) is 12.5 Å². The average Bonchev–Trinajstić information content (AvgIpc) is 3.10. The minimum absolute atomic E-state index is 0.199. The van der Waals surface area contributed by atoms with Gasteiger partial charge in [-0.1, -0.05) is 174 Å². The Hall–Kier alpha value is -1.30. The number of carbonyl (C=O) groups excluding carboxylic acids is 1. The van der Waals surface area contributed by atoms with Crippen LogP contribution in [0.2, 0.25) is 0 Å². The largest absolute Gasteiger partial charge is 0.479 e. The molecule has 7 atom stereocenters. The van der Waals surface area contributed by atoms with Gasteiger partial charge in [0.25, 0.3) is 0 Å². The molecule has 296 valence electrons. The minimum atomic E-state index is -1.82. The van der Waals surface area contributed by atoms with Gasteiger partial charge in [0.05, 0.1) is 18.8 Å². The van der Waals surface area contributed by atoms with Crippen LogP contribution in [0.4, 0.5) is 0 Å². The maximum absolute atomic E-state index is 12.9. The number of amides is 1. The number of unbranched alkanes of at least 4 members (excludes halogenated alkanes) is 24. The molecule has 5 unspecified atom stereocenters. The molecule has 0 spiro atoms. The van der Waals surface area contributed by atoms with Crippen LogP contribution < -0.4 is 5.32 Å². The standard InChI is InChI=1S/C40H77NO9/c1-3-5-7-9-11-13-15-17-19-21-23-25-27-29-33(42)32(31-49-40-37(46)35(44)36(45)38(50-40)39(47)48)41-34(43)30-28-26-24-22-20-18-16-14-12-10-8-6-4-2/h32-33,35-38,40,42,44-46H,3-31H2,1-2H3,(H,41,43)(H,47,48)/t32-,33+,35?,36?,37?,38?,40?/m0/s1. The van der Waals surface area contributed by atoms with Crippen molar-refractivity contribution in [2.24, 2.45) is 0 Å². The quantitative estimate of drug-likeness (QED) is 0.0366. The van der Waals surface area contributed by atoms with E-state index in [4.69, 9.17) is 9.47 Å². The zero-order valence-corrected chi connectivity index (χ0v) is 31.9. The predicted molar refractivity (Wildman–Crippen MR) is 199 cm³/mol. The van der Waals surface area contributed by atoms with Gasteiger partial charge in [-0.3, -0.25) is 4.79 Å². The Morgan fingerprint density at radius 2 is 1.00 bits per heavy atom. The van der Waals surface area contributed by atoms with Crippen molar-refractivity contribution in [3.63, 3.8) is 0 Å². The number of hydrogen-bond acceptors (Lipinski definition) is 8. The maximum atomic E-state index is 12.9. The number of ether oxygens (including phenoxy) is 2. The smallest absolute Gasteiger partial charge is 0.335 e. The first kappa shape index (κ1) is 46.7. The number of carboxylic acids is 1. The van der Waals surface area contributed by atoms with E-state index in [1.54, 1.807) is 0 Å². The molecule has 50 heavy (non-hydrogen) atoms. The molecule has 0 bridgehead atoms. The molecule has 0 aromatic heterocycles. The van der Waals surface area contributed by atoms with Crippen LogP contribution in [0.1, 0.15) is 194 Å². The molecule has 1 amide bonds. The van der Waals surface area contributed by atoms with Gasteiger partial charge in [0.1, 0.15) is 18.3 Å². The molecule has 0 aliphatic carbocycles. The van der Waals surface area contributed by atoms with Crippen LogP contribution in [0.25, 0.3) is 0 Å². The Kier molecular flexibility index (Phi) is 29.2. The van der Waals surface area contributed by atoms with Crippen molar-refractivity contribution in [3.05, 3.63) is 0 Å². The molecule has 0 radical (unpaired) electrons. The molecule has 10 nitrogen and oxygen atoms in total. The van der Waals surface area contributed by atoms with E-state index in [2.05, 4.69) is 19.2 Å². The molecule has 0 saturated carbocycles. The number of carbonyl (C=O) groups is 2. The molecule has 0 aromatic rings. The summed E-state index contributed by atoms with van der Waals surface area (Å²) in [6, 6.07) is -0.801. The third kappa shape index (κ3) is 22.6. The fraction of sp³-hybridized carbons (Fsp3) is 0.950. The molecule has 1 rings (SSSR count). The number of carboxylic acid groups (broad SMARTS) is 1. The van der Waals surface area contributed by atoms with Crippen molar-refractivity contribution in [1.82, 2.24) is 5.32 Å². The van der Waals surface area contributed by atoms with E-state index in [0.29, 0.717) is 12.8 Å². The van der Waals surface area contributed by atoms with Gasteiger partial charge in [0.15, 0.2) is 12.4 Å². The highest BCUT2D eigenvalue weighted by atomic mass is 16.7. The lowest BCUT2D eigenvalue weighted by atomic mass is 9.99. The van der Waals surface area contributed by atoms with E-state index < -0.39 is 48.8 Å². The van der Waals surface area contributed by atoms with Crippen molar-refractivity contribution < 1.29 is 44.6 Å². The summed E-state index contributed by atoms with van der Waals surface area (Å²) in [5.41, 5.74) is 0. The van der Waals surface area contributed by atoms with Crippen LogP contribution in [0.15, 0.2) is 0 Å². The lowest BCUT2D eigenvalue weighted by Crippen LogP contribution is -2.61. The van der Waals surface area contributed by atoms with Gasteiger partial charge in [0.2, 0.25) is 5.91 Å². The van der Waals surface area contributed by atoms with E-state index in [0.717, 1.165) is 38.5 Å². The van der Waals surface area contributed by atoms with Crippen LogP contribution in [0.3, 0.4) is 0 Å². The van der Waals surface area contributed by atoms with Crippen molar-refractivity contribution in [2.45, 2.75) is 236 Å². The molecule has 1 fully saturated rings.